The van der Waals surface area contributed by atoms with E-state index < -0.39 is 17.6 Å². The van der Waals surface area contributed by atoms with Gasteiger partial charge in [-0.05, 0) is 35.7 Å². The molecule has 0 spiro atoms. The van der Waals surface area contributed by atoms with Gasteiger partial charge in [0.15, 0.2) is 5.96 Å². The summed E-state index contributed by atoms with van der Waals surface area (Å²) in [6.45, 7) is 2.92. The summed E-state index contributed by atoms with van der Waals surface area (Å²) in [5.74, 6) is 0.338. The molecular weight excluding hydrogens is 410 g/mol. The third-order valence-corrected chi connectivity index (χ3v) is 4.78. The fraction of sp³-hybridized carbons (Fsp3) is 0.273. The van der Waals surface area contributed by atoms with Gasteiger partial charge in [-0.15, -0.1) is 0 Å². The molecule has 3 rings (SSSR count). The molecule has 1 aromatic heterocycles. The quantitative estimate of drug-likeness (QED) is 0.347. The van der Waals surface area contributed by atoms with Gasteiger partial charge in [0.2, 0.25) is 0 Å². The molecule has 1 heterocycles. The first-order valence-electron chi connectivity index (χ1n) is 9.62. The van der Waals surface area contributed by atoms with Crippen LogP contribution in [0.25, 0.3) is 0 Å². The lowest BCUT2D eigenvalue weighted by molar-refractivity contribution is -0.138. The van der Waals surface area contributed by atoms with Gasteiger partial charge in [-0.25, -0.2) is 9.37 Å². The van der Waals surface area contributed by atoms with Crippen LogP contribution in [0.5, 0.6) is 0 Å². The molecule has 0 amide bonds. The minimum Gasteiger partial charge on any atom is -0.352 e. The molecule has 0 saturated heterocycles. The number of halogens is 4. The highest BCUT2D eigenvalue weighted by molar-refractivity contribution is 5.79. The van der Waals surface area contributed by atoms with Crippen molar-refractivity contribution in [3.8, 4) is 0 Å². The number of hydrogen-bond acceptors (Lipinski definition) is 2. The number of aliphatic imine (C=N–C) groups is 1. The topological polar surface area (TPSA) is 54.2 Å². The highest BCUT2D eigenvalue weighted by Crippen LogP contribution is 2.32. The van der Waals surface area contributed by atoms with Crippen LogP contribution in [0.15, 0.2) is 59.9 Å². The molecule has 3 aromatic rings. The second-order valence-corrected chi connectivity index (χ2v) is 7.00. The summed E-state index contributed by atoms with van der Waals surface area (Å²) in [6, 6.07) is 10.6. The van der Waals surface area contributed by atoms with Gasteiger partial charge in [-0.2, -0.15) is 13.2 Å². The van der Waals surface area contributed by atoms with Crippen LogP contribution in [0, 0.1) is 12.7 Å². The standard InChI is InChI=1S/C22H23F4N5/c1-15-28-8-9-31(15)14-17-5-3-4-16(10-17)12-29-21(27-2)30-13-18-6-7-19(23)11-20(18)22(24,25)26/h3-11H,12-14H2,1-2H3,(H2,27,29,30). The number of hydrogen-bond donors (Lipinski definition) is 2. The summed E-state index contributed by atoms with van der Waals surface area (Å²) in [5, 5.41) is 5.94. The Bertz CT molecular complexity index is 1060. The van der Waals surface area contributed by atoms with Crippen LogP contribution >= 0.6 is 0 Å². The van der Waals surface area contributed by atoms with E-state index in [4.69, 9.17) is 0 Å². The maximum absolute atomic E-state index is 13.3. The van der Waals surface area contributed by atoms with Gasteiger partial charge >= 0.3 is 6.18 Å². The molecule has 5 nitrogen and oxygen atoms in total. The van der Waals surface area contributed by atoms with Crippen LogP contribution in [0.4, 0.5) is 17.6 Å². The van der Waals surface area contributed by atoms with Crippen molar-refractivity contribution in [1.29, 1.82) is 0 Å². The van der Waals surface area contributed by atoms with Crippen molar-refractivity contribution >= 4 is 5.96 Å². The Hall–Kier alpha value is -3.36. The number of nitrogens with zero attached hydrogens (tertiary/aromatic N) is 3. The van der Waals surface area contributed by atoms with Crippen molar-refractivity contribution in [3.05, 3.63) is 88.8 Å². The van der Waals surface area contributed by atoms with Gasteiger partial charge in [-0.3, -0.25) is 4.99 Å². The van der Waals surface area contributed by atoms with Crippen molar-refractivity contribution in [2.45, 2.75) is 32.7 Å². The fourth-order valence-corrected chi connectivity index (χ4v) is 3.16. The second kappa shape index (κ2) is 9.63. The van der Waals surface area contributed by atoms with Crippen LogP contribution in [-0.2, 0) is 25.8 Å². The summed E-state index contributed by atoms with van der Waals surface area (Å²) in [6.07, 6.45) is -0.970. The predicted molar refractivity (Wildman–Crippen MR) is 111 cm³/mol. The SMILES string of the molecule is CN=C(NCc1cccc(Cn2ccnc2C)c1)NCc1ccc(F)cc1C(F)(F)F. The molecule has 0 saturated carbocycles. The van der Waals surface area contributed by atoms with Gasteiger partial charge in [0.1, 0.15) is 11.6 Å². The summed E-state index contributed by atoms with van der Waals surface area (Å²) in [7, 11) is 1.53. The number of aromatic nitrogens is 2. The largest absolute Gasteiger partial charge is 0.416 e. The third-order valence-electron chi connectivity index (χ3n) is 4.78. The zero-order valence-electron chi connectivity index (χ0n) is 17.2. The molecule has 0 fully saturated rings. The van der Waals surface area contributed by atoms with E-state index in [0.717, 1.165) is 29.1 Å². The summed E-state index contributed by atoms with van der Waals surface area (Å²) in [4.78, 5) is 8.26. The lowest BCUT2D eigenvalue weighted by Gasteiger charge is -2.16. The molecule has 0 radical (unpaired) electrons. The number of rotatable bonds is 6. The summed E-state index contributed by atoms with van der Waals surface area (Å²) in [5.41, 5.74) is 1.04. The van der Waals surface area contributed by atoms with Crippen LogP contribution in [-0.4, -0.2) is 22.6 Å². The molecule has 9 heteroatoms. The zero-order chi connectivity index (χ0) is 22.4. The number of alkyl halides is 3. The van der Waals surface area contributed by atoms with E-state index in [1.54, 1.807) is 6.20 Å². The van der Waals surface area contributed by atoms with Gasteiger partial charge in [-0.1, -0.05) is 30.3 Å². The number of aryl methyl sites for hydroxylation is 1. The van der Waals surface area contributed by atoms with E-state index in [9.17, 15) is 17.6 Å². The van der Waals surface area contributed by atoms with E-state index in [1.807, 2.05) is 42.0 Å². The molecule has 2 N–H and O–H groups in total. The Balaban J connectivity index is 1.61. The van der Waals surface area contributed by atoms with Crippen LogP contribution in [0.2, 0.25) is 0 Å². The van der Waals surface area contributed by atoms with Gasteiger partial charge in [0.05, 0.1) is 5.56 Å². The van der Waals surface area contributed by atoms with Crippen molar-refractivity contribution in [1.82, 2.24) is 20.2 Å². The second-order valence-electron chi connectivity index (χ2n) is 7.00. The van der Waals surface area contributed by atoms with Crippen molar-refractivity contribution in [3.63, 3.8) is 0 Å². The van der Waals surface area contributed by atoms with Crippen molar-refractivity contribution in [2.75, 3.05) is 7.05 Å². The summed E-state index contributed by atoms with van der Waals surface area (Å²) >= 11 is 0. The van der Waals surface area contributed by atoms with E-state index >= 15 is 0 Å². The van der Waals surface area contributed by atoms with Gasteiger partial charge in [0.25, 0.3) is 0 Å². The normalized spacial score (nSPS) is 12.1. The van der Waals surface area contributed by atoms with Gasteiger partial charge < -0.3 is 15.2 Å². The van der Waals surface area contributed by atoms with Crippen molar-refractivity contribution < 1.29 is 17.6 Å². The molecule has 164 valence electrons. The Morgan fingerprint density at radius 2 is 1.81 bits per heavy atom. The molecule has 0 aliphatic rings. The maximum Gasteiger partial charge on any atom is 0.416 e. The Kier molecular flexibility index (Phi) is 6.94. The lowest BCUT2D eigenvalue weighted by atomic mass is 10.1. The van der Waals surface area contributed by atoms with E-state index in [-0.39, 0.29) is 12.1 Å². The molecule has 0 aliphatic carbocycles. The Morgan fingerprint density at radius 1 is 1.06 bits per heavy atom. The summed E-state index contributed by atoms with van der Waals surface area (Å²) < 4.78 is 54.8. The molecule has 2 aromatic carbocycles. The van der Waals surface area contributed by atoms with E-state index in [2.05, 4.69) is 20.6 Å². The van der Waals surface area contributed by atoms with Gasteiger partial charge in [0, 0.05) is 39.1 Å². The maximum atomic E-state index is 13.3. The Labute approximate surface area is 177 Å². The molecule has 0 unspecified atom stereocenters. The average Bonchev–Trinajstić information content (AvgIpc) is 3.13. The number of guanidine groups is 1. The molecule has 0 atom stereocenters. The van der Waals surface area contributed by atoms with Crippen molar-refractivity contribution in [2.24, 2.45) is 4.99 Å². The van der Waals surface area contributed by atoms with E-state index in [1.165, 1.54) is 7.05 Å². The molecule has 0 aliphatic heterocycles. The number of imidazole rings is 1. The lowest BCUT2D eigenvalue weighted by Crippen LogP contribution is -2.36. The average molecular weight is 433 g/mol. The highest BCUT2D eigenvalue weighted by atomic mass is 19.4. The van der Waals surface area contributed by atoms with Crippen LogP contribution in [0.3, 0.4) is 0 Å². The first kappa shape index (κ1) is 22.3. The highest BCUT2D eigenvalue weighted by Gasteiger charge is 2.33. The molecule has 0 bridgehead atoms. The van der Waals surface area contributed by atoms with Crippen LogP contribution < -0.4 is 10.6 Å². The Morgan fingerprint density at radius 3 is 2.48 bits per heavy atom. The zero-order valence-corrected chi connectivity index (χ0v) is 17.2. The monoisotopic (exact) mass is 433 g/mol. The van der Waals surface area contributed by atoms with E-state index in [0.29, 0.717) is 25.1 Å². The minimum atomic E-state index is -4.63. The van der Waals surface area contributed by atoms with Crippen LogP contribution in [0.1, 0.15) is 28.1 Å². The third kappa shape index (κ3) is 6.07. The predicted octanol–water partition coefficient (Wildman–Crippen LogP) is 4.26. The first-order valence-corrected chi connectivity index (χ1v) is 9.62. The number of nitrogens with one attached hydrogen (secondary N) is 2. The minimum absolute atomic E-state index is 0.0606. The number of benzene rings is 2. The smallest absolute Gasteiger partial charge is 0.352 e. The first-order chi connectivity index (χ1) is 14.8. The molecule has 31 heavy (non-hydrogen) atoms. The fourth-order valence-electron chi connectivity index (χ4n) is 3.16. The molecular formula is C22H23F4N5.